The number of benzene rings is 2. The molecule has 2 nitrogen and oxygen atoms in total. The number of fused-ring (bicyclic) bond motifs is 2. The molecule has 0 radical (unpaired) electrons. The molecule has 0 aliphatic rings. The minimum Gasteiger partial charge on any atom is -0.492 e. The van der Waals surface area contributed by atoms with Crippen molar-refractivity contribution in [2.24, 2.45) is 5.92 Å². The molecule has 0 saturated heterocycles. The SMILES string of the molecule is CCCC(CCC)COc1cccc2sc3ccccc3c(=O)c12. The lowest BCUT2D eigenvalue weighted by atomic mass is 9.99. The van der Waals surface area contributed by atoms with Crippen LogP contribution >= 0.6 is 11.3 Å². The first-order valence-electron chi connectivity index (χ1n) is 8.82. The highest BCUT2D eigenvalue weighted by atomic mass is 32.1. The van der Waals surface area contributed by atoms with Crippen molar-refractivity contribution in [1.82, 2.24) is 0 Å². The van der Waals surface area contributed by atoms with Crippen LogP contribution in [0.5, 0.6) is 5.75 Å². The molecule has 0 spiro atoms. The Balaban J connectivity index is 1.99. The second-order valence-electron chi connectivity index (χ2n) is 6.31. The van der Waals surface area contributed by atoms with E-state index in [1.165, 1.54) is 25.7 Å². The van der Waals surface area contributed by atoms with Crippen LogP contribution in [0.1, 0.15) is 39.5 Å². The lowest BCUT2D eigenvalue weighted by Crippen LogP contribution is -2.13. The van der Waals surface area contributed by atoms with Gasteiger partial charge in [-0.1, -0.05) is 44.9 Å². The number of rotatable bonds is 7. The molecule has 0 amide bonds. The van der Waals surface area contributed by atoms with E-state index in [9.17, 15) is 4.79 Å². The molecule has 0 saturated carbocycles. The summed E-state index contributed by atoms with van der Waals surface area (Å²) in [7, 11) is 0. The normalized spacial score (nSPS) is 11.5. The Bertz CT molecular complexity index is 876. The van der Waals surface area contributed by atoms with E-state index in [4.69, 9.17) is 4.74 Å². The van der Waals surface area contributed by atoms with Crippen molar-refractivity contribution in [2.75, 3.05) is 6.61 Å². The second kappa shape index (κ2) is 7.80. The molecule has 3 rings (SSSR count). The fourth-order valence-electron chi connectivity index (χ4n) is 3.27. The second-order valence-corrected chi connectivity index (χ2v) is 7.39. The Labute approximate surface area is 147 Å². The van der Waals surface area contributed by atoms with Crippen molar-refractivity contribution in [3.63, 3.8) is 0 Å². The summed E-state index contributed by atoms with van der Waals surface area (Å²) < 4.78 is 8.15. The van der Waals surface area contributed by atoms with E-state index < -0.39 is 0 Å². The van der Waals surface area contributed by atoms with Crippen molar-refractivity contribution < 1.29 is 4.74 Å². The summed E-state index contributed by atoms with van der Waals surface area (Å²) in [6, 6.07) is 13.7. The van der Waals surface area contributed by atoms with Crippen molar-refractivity contribution in [3.8, 4) is 5.75 Å². The van der Waals surface area contributed by atoms with Crippen LogP contribution in [0.25, 0.3) is 20.2 Å². The molecule has 3 heteroatoms. The molecule has 0 aliphatic carbocycles. The standard InChI is InChI=1S/C21H24O2S/c1-3-8-15(9-4-2)14-23-17-11-7-13-19-20(17)21(22)16-10-5-6-12-18(16)24-19/h5-7,10-13,15H,3-4,8-9,14H2,1-2H3. The fourth-order valence-corrected chi connectivity index (χ4v) is 4.37. The van der Waals surface area contributed by atoms with E-state index in [-0.39, 0.29) is 5.43 Å². The van der Waals surface area contributed by atoms with Crippen LogP contribution in [0.4, 0.5) is 0 Å². The van der Waals surface area contributed by atoms with Crippen molar-refractivity contribution in [2.45, 2.75) is 39.5 Å². The maximum atomic E-state index is 12.9. The molecule has 0 N–H and O–H groups in total. The first kappa shape index (κ1) is 17.0. The van der Waals surface area contributed by atoms with E-state index in [0.29, 0.717) is 12.5 Å². The molecule has 3 aromatic rings. The van der Waals surface area contributed by atoms with Crippen LogP contribution < -0.4 is 10.2 Å². The maximum absolute atomic E-state index is 12.9. The summed E-state index contributed by atoms with van der Waals surface area (Å²) in [5.41, 5.74) is 0.0810. The summed E-state index contributed by atoms with van der Waals surface area (Å²) in [5, 5.41) is 1.51. The molecule has 0 aliphatic heterocycles. The van der Waals surface area contributed by atoms with Gasteiger partial charge >= 0.3 is 0 Å². The minimum absolute atomic E-state index is 0.0810. The Morgan fingerprint density at radius 2 is 1.67 bits per heavy atom. The predicted molar refractivity (Wildman–Crippen MR) is 104 cm³/mol. The minimum atomic E-state index is 0.0810. The van der Waals surface area contributed by atoms with E-state index in [1.807, 2.05) is 42.5 Å². The first-order chi connectivity index (χ1) is 11.7. The monoisotopic (exact) mass is 340 g/mol. The third-order valence-electron chi connectivity index (χ3n) is 4.44. The highest BCUT2D eigenvalue weighted by Gasteiger charge is 2.13. The van der Waals surface area contributed by atoms with Gasteiger partial charge in [-0.2, -0.15) is 0 Å². The zero-order chi connectivity index (χ0) is 16.9. The Hall–Kier alpha value is -1.87. The lowest BCUT2D eigenvalue weighted by Gasteiger charge is -2.17. The van der Waals surface area contributed by atoms with Crippen LogP contribution in [0, 0.1) is 5.92 Å². The number of hydrogen-bond donors (Lipinski definition) is 0. The summed E-state index contributed by atoms with van der Waals surface area (Å²) in [4.78, 5) is 12.9. The Kier molecular flexibility index (Phi) is 5.52. The molecular weight excluding hydrogens is 316 g/mol. The summed E-state index contributed by atoms with van der Waals surface area (Å²) >= 11 is 1.65. The fraction of sp³-hybridized carbons (Fsp3) is 0.381. The molecule has 0 unspecified atom stereocenters. The van der Waals surface area contributed by atoms with E-state index in [2.05, 4.69) is 13.8 Å². The van der Waals surface area contributed by atoms with E-state index >= 15 is 0 Å². The van der Waals surface area contributed by atoms with Gasteiger partial charge in [0.1, 0.15) is 5.75 Å². The number of hydrogen-bond acceptors (Lipinski definition) is 3. The van der Waals surface area contributed by atoms with Crippen LogP contribution in [-0.4, -0.2) is 6.61 Å². The average Bonchev–Trinajstić information content (AvgIpc) is 2.60. The number of ether oxygens (including phenoxy) is 1. The molecule has 1 heterocycles. The van der Waals surface area contributed by atoms with Gasteiger partial charge in [0.25, 0.3) is 0 Å². The van der Waals surface area contributed by atoms with Crippen molar-refractivity contribution in [3.05, 3.63) is 52.7 Å². The van der Waals surface area contributed by atoms with Crippen molar-refractivity contribution >= 4 is 31.5 Å². The summed E-state index contributed by atoms with van der Waals surface area (Å²) in [6.45, 7) is 5.12. The van der Waals surface area contributed by atoms with Crippen LogP contribution in [0.3, 0.4) is 0 Å². The van der Waals surface area contributed by atoms with E-state index in [0.717, 1.165) is 25.9 Å². The Morgan fingerprint density at radius 1 is 0.958 bits per heavy atom. The van der Waals surface area contributed by atoms with Gasteiger partial charge in [-0.05, 0) is 43.0 Å². The highest BCUT2D eigenvalue weighted by Crippen LogP contribution is 2.30. The largest absolute Gasteiger partial charge is 0.492 e. The molecule has 126 valence electrons. The average molecular weight is 340 g/mol. The van der Waals surface area contributed by atoms with Gasteiger partial charge in [-0.25, -0.2) is 0 Å². The third-order valence-corrected chi connectivity index (χ3v) is 5.57. The smallest absolute Gasteiger partial charge is 0.199 e. The highest BCUT2D eigenvalue weighted by molar-refractivity contribution is 7.24. The van der Waals surface area contributed by atoms with Gasteiger partial charge in [-0.15, -0.1) is 11.3 Å². The summed E-state index contributed by atoms with van der Waals surface area (Å²) in [5.74, 6) is 1.30. The first-order valence-corrected chi connectivity index (χ1v) is 9.63. The van der Waals surface area contributed by atoms with Gasteiger partial charge in [0.2, 0.25) is 0 Å². The zero-order valence-corrected chi connectivity index (χ0v) is 15.2. The molecular formula is C21H24O2S. The van der Waals surface area contributed by atoms with Crippen LogP contribution in [0.2, 0.25) is 0 Å². The van der Waals surface area contributed by atoms with Gasteiger partial charge in [-0.3, -0.25) is 4.79 Å². The van der Waals surface area contributed by atoms with Gasteiger partial charge in [0.15, 0.2) is 5.43 Å². The molecule has 0 atom stereocenters. The predicted octanol–water partition coefficient (Wildman–Crippen LogP) is 6.01. The van der Waals surface area contributed by atoms with Gasteiger partial charge < -0.3 is 4.74 Å². The van der Waals surface area contributed by atoms with Crippen LogP contribution in [-0.2, 0) is 0 Å². The molecule has 1 aromatic heterocycles. The van der Waals surface area contributed by atoms with E-state index in [1.54, 1.807) is 11.3 Å². The lowest BCUT2D eigenvalue weighted by molar-refractivity contribution is 0.232. The topological polar surface area (TPSA) is 26.3 Å². The molecule has 24 heavy (non-hydrogen) atoms. The van der Waals surface area contributed by atoms with Crippen LogP contribution in [0.15, 0.2) is 47.3 Å². The molecule has 2 aromatic carbocycles. The molecule has 0 bridgehead atoms. The van der Waals surface area contributed by atoms with Gasteiger partial charge in [0, 0.05) is 14.8 Å². The quantitative estimate of drug-likeness (QED) is 0.492. The van der Waals surface area contributed by atoms with Crippen molar-refractivity contribution in [1.29, 1.82) is 0 Å². The maximum Gasteiger partial charge on any atom is 0.199 e. The Morgan fingerprint density at radius 3 is 2.42 bits per heavy atom. The third kappa shape index (κ3) is 3.46. The zero-order valence-electron chi connectivity index (χ0n) is 14.4. The van der Waals surface area contributed by atoms with Gasteiger partial charge in [0.05, 0.1) is 12.0 Å². The summed E-state index contributed by atoms with van der Waals surface area (Å²) in [6.07, 6.45) is 4.69. The molecule has 0 fully saturated rings.